The van der Waals surface area contributed by atoms with Gasteiger partial charge in [0, 0.05) is 17.9 Å². The van der Waals surface area contributed by atoms with E-state index in [1.807, 2.05) is 0 Å². The number of hydrogen-bond acceptors (Lipinski definition) is 5. The van der Waals surface area contributed by atoms with Gasteiger partial charge < -0.3 is 16.2 Å². The molecule has 0 saturated heterocycles. The second kappa shape index (κ2) is 5.59. The van der Waals surface area contributed by atoms with E-state index in [1.165, 1.54) is 12.1 Å². The standard InChI is InChI=1S/C13H21N3O3S/c14-10-6-11(8-12(7-10)20(15,18)19)16-9-13(17)4-2-1-3-5-13/h6-8,16-17H,1-5,9,14H2,(H2,15,18,19). The van der Waals surface area contributed by atoms with Crippen molar-refractivity contribution >= 4 is 21.4 Å². The molecule has 0 spiro atoms. The van der Waals surface area contributed by atoms with E-state index >= 15 is 0 Å². The fraction of sp³-hybridized carbons (Fsp3) is 0.538. The molecule has 1 aliphatic rings. The highest BCUT2D eigenvalue weighted by molar-refractivity contribution is 7.89. The third-order valence-corrected chi connectivity index (χ3v) is 4.56. The summed E-state index contributed by atoms with van der Waals surface area (Å²) in [6.07, 6.45) is 4.68. The molecule has 2 rings (SSSR count). The first kappa shape index (κ1) is 15.1. The lowest BCUT2D eigenvalue weighted by Crippen LogP contribution is -2.38. The van der Waals surface area contributed by atoms with Crippen molar-refractivity contribution in [3.05, 3.63) is 18.2 Å². The third kappa shape index (κ3) is 3.84. The zero-order chi connectivity index (χ0) is 14.8. The number of rotatable bonds is 4. The Kier molecular flexibility index (Phi) is 4.22. The maximum Gasteiger partial charge on any atom is 0.238 e. The monoisotopic (exact) mass is 299 g/mol. The molecule has 1 aromatic carbocycles. The van der Waals surface area contributed by atoms with Gasteiger partial charge in [0.05, 0.1) is 10.5 Å². The molecule has 0 bridgehead atoms. The largest absolute Gasteiger partial charge is 0.399 e. The van der Waals surface area contributed by atoms with Crippen LogP contribution in [0.1, 0.15) is 32.1 Å². The highest BCUT2D eigenvalue weighted by Crippen LogP contribution is 2.29. The van der Waals surface area contributed by atoms with E-state index in [0.29, 0.717) is 17.9 Å². The van der Waals surface area contributed by atoms with Gasteiger partial charge in [-0.2, -0.15) is 0 Å². The van der Waals surface area contributed by atoms with Gasteiger partial charge in [-0.15, -0.1) is 0 Å². The van der Waals surface area contributed by atoms with Gasteiger partial charge in [0.25, 0.3) is 0 Å². The van der Waals surface area contributed by atoms with Crippen LogP contribution in [0.5, 0.6) is 0 Å². The van der Waals surface area contributed by atoms with Gasteiger partial charge in [-0.1, -0.05) is 19.3 Å². The highest BCUT2D eigenvalue weighted by Gasteiger charge is 2.28. The van der Waals surface area contributed by atoms with Crippen molar-refractivity contribution in [1.29, 1.82) is 0 Å². The molecule has 0 amide bonds. The van der Waals surface area contributed by atoms with E-state index in [4.69, 9.17) is 10.9 Å². The summed E-state index contributed by atoms with van der Waals surface area (Å²) in [5, 5.41) is 18.6. The average molecular weight is 299 g/mol. The average Bonchev–Trinajstić information content (AvgIpc) is 2.36. The van der Waals surface area contributed by atoms with Crippen LogP contribution in [-0.4, -0.2) is 25.7 Å². The summed E-state index contributed by atoms with van der Waals surface area (Å²) in [5.41, 5.74) is 5.81. The Hall–Kier alpha value is -1.31. The van der Waals surface area contributed by atoms with E-state index in [0.717, 1.165) is 32.1 Å². The Labute approximate surface area is 119 Å². The van der Waals surface area contributed by atoms with Crippen LogP contribution in [0, 0.1) is 0 Å². The number of aliphatic hydroxyl groups is 1. The number of nitrogen functional groups attached to an aromatic ring is 1. The molecule has 0 heterocycles. The number of nitrogens with two attached hydrogens (primary N) is 2. The SMILES string of the molecule is Nc1cc(NCC2(O)CCCCC2)cc(S(N)(=O)=O)c1. The molecule has 7 heteroatoms. The lowest BCUT2D eigenvalue weighted by Gasteiger charge is -2.32. The van der Waals surface area contributed by atoms with Crippen LogP contribution in [0.4, 0.5) is 11.4 Å². The van der Waals surface area contributed by atoms with Gasteiger partial charge in [-0.25, -0.2) is 13.6 Å². The summed E-state index contributed by atoms with van der Waals surface area (Å²) in [6.45, 7) is 0.376. The lowest BCUT2D eigenvalue weighted by molar-refractivity contribution is 0.0167. The first-order chi connectivity index (χ1) is 9.28. The molecule has 0 unspecified atom stereocenters. The molecule has 6 N–H and O–H groups in total. The van der Waals surface area contributed by atoms with Crippen molar-refractivity contribution < 1.29 is 13.5 Å². The van der Waals surface area contributed by atoms with E-state index < -0.39 is 15.6 Å². The Balaban J connectivity index is 2.11. The van der Waals surface area contributed by atoms with Gasteiger partial charge in [-0.05, 0) is 31.0 Å². The van der Waals surface area contributed by atoms with Crippen molar-refractivity contribution in [3.8, 4) is 0 Å². The zero-order valence-corrected chi connectivity index (χ0v) is 12.1. The number of hydrogen-bond donors (Lipinski definition) is 4. The molecule has 0 radical (unpaired) electrons. The van der Waals surface area contributed by atoms with Gasteiger partial charge in [-0.3, -0.25) is 0 Å². The summed E-state index contributed by atoms with van der Waals surface area (Å²) in [6, 6.07) is 4.37. The van der Waals surface area contributed by atoms with Gasteiger partial charge in [0.1, 0.15) is 0 Å². The number of anilines is 2. The van der Waals surface area contributed by atoms with Crippen LogP contribution in [0.3, 0.4) is 0 Å². The van der Waals surface area contributed by atoms with Gasteiger partial charge in [0.2, 0.25) is 10.0 Å². The Bertz CT molecular complexity index is 581. The van der Waals surface area contributed by atoms with Crippen molar-refractivity contribution in [2.24, 2.45) is 5.14 Å². The number of benzene rings is 1. The van der Waals surface area contributed by atoms with E-state index in [1.54, 1.807) is 6.07 Å². The van der Waals surface area contributed by atoms with Crippen LogP contribution in [0.25, 0.3) is 0 Å². The molecular weight excluding hydrogens is 278 g/mol. The first-order valence-electron chi connectivity index (χ1n) is 6.68. The number of sulfonamides is 1. The summed E-state index contributed by atoms with van der Waals surface area (Å²) in [4.78, 5) is -0.0318. The van der Waals surface area contributed by atoms with Crippen molar-refractivity contribution in [1.82, 2.24) is 0 Å². The molecule has 1 saturated carbocycles. The van der Waals surface area contributed by atoms with Gasteiger partial charge in [0.15, 0.2) is 0 Å². The minimum Gasteiger partial charge on any atom is -0.399 e. The maximum atomic E-state index is 11.4. The predicted octanol–water partition coefficient (Wildman–Crippen LogP) is 1.02. The summed E-state index contributed by atoms with van der Waals surface area (Å²) >= 11 is 0. The second-order valence-electron chi connectivity index (χ2n) is 5.47. The van der Waals surface area contributed by atoms with Crippen molar-refractivity contribution in [2.75, 3.05) is 17.6 Å². The summed E-state index contributed by atoms with van der Waals surface area (Å²) in [5.74, 6) is 0. The van der Waals surface area contributed by atoms with Crippen LogP contribution in [0.15, 0.2) is 23.1 Å². The molecule has 0 aromatic heterocycles. The quantitative estimate of drug-likeness (QED) is 0.619. The van der Waals surface area contributed by atoms with Crippen LogP contribution in [0.2, 0.25) is 0 Å². The smallest absolute Gasteiger partial charge is 0.238 e. The Morgan fingerprint density at radius 3 is 2.45 bits per heavy atom. The minimum absolute atomic E-state index is 0.0318. The highest BCUT2D eigenvalue weighted by atomic mass is 32.2. The molecule has 112 valence electrons. The predicted molar refractivity (Wildman–Crippen MR) is 78.8 cm³/mol. The first-order valence-corrected chi connectivity index (χ1v) is 8.23. The topological polar surface area (TPSA) is 118 Å². The minimum atomic E-state index is -3.79. The van der Waals surface area contributed by atoms with Gasteiger partial charge >= 0.3 is 0 Å². The maximum absolute atomic E-state index is 11.4. The molecule has 0 aliphatic heterocycles. The molecular formula is C13H21N3O3S. The fourth-order valence-electron chi connectivity index (χ4n) is 2.54. The normalized spacial score (nSPS) is 18.7. The van der Waals surface area contributed by atoms with Crippen molar-refractivity contribution in [3.63, 3.8) is 0 Å². The van der Waals surface area contributed by atoms with Crippen LogP contribution in [-0.2, 0) is 10.0 Å². The second-order valence-corrected chi connectivity index (χ2v) is 7.04. The summed E-state index contributed by atoms with van der Waals surface area (Å²) < 4.78 is 22.7. The Morgan fingerprint density at radius 1 is 1.20 bits per heavy atom. The third-order valence-electron chi connectivity index (χ3n) is 3.66. The summed E-state index contributed by atoms with van der Waals surface area (Å²) in [7, 11) is -3.79. The molecule has 1 fully saturated rings. The van der Waals surface area contributed by atoms with Crippen LogP contribution < -0.4 is 16.2 Å². The molecule has 6 nitrogen and oxygen atoms in total. The lowest BCUT2D eigenvalue weighted by atomic mass is 9.85. The zero-order valence-electron chi connectivity index (χ0n) is 11.3. The molecule has 1 aromatic rings. The van der Waals surface area contributed by atoms with E-state index in [9.17, 15) is 13.5 Å². The molecule has 20 heavy (non-hydrogen) atoms. The van der Waals surface area contributed by atoms with Crippen LogP contribution >= 0.6 is 0 Å². The number of primary sulfonamides is 1. The molecule has 1 aliphatic carbocycles. The fourth-order valence-corrected chi connectivity index (χ4v) is 3.13. The number of nitrogens with one attached hydrogen (secondary N) is 1. The molecule has 0 atom stereocenters. The Morgan fingerprint density at radius 2 is 1.85 bits per heavy atom. The van der Waals surface area contributed by atoms with E-state index in [2.05, 4.69) is 5.32 Å². The van der Waals surface area contributed by atoms with E-state index in [-0.39, 0.29) is 4.90 Å². The van der Waals surface area contributed by atoms with Crippen molar-refractivity contribution in [2.45, 2.75) is 42.6 Å².